The van der Waals surface area contributed by atoms with E-state index in [1.54, 1.807) is 6.07 Å². The van der Waals surface area contributed by atoms with Crippen LogP contribution in [0.3, 0.4) is 0 Å². The molecule has 0 spiro atoms. The Kier molecular flexibility index (Phi) is 2.19. The van der Waals surface area contributed by atoms with Crippen molar-refractivity contribution < 1.29 is 4.39 Å². The summed E-state index contributed by atoms with van der Waals surface area (Å²) in [4.78, 5) is 4.61. The van der Waals surface area contributed by atoms with Crippen molar-refractivity contribution in [2.45, 2.75) is 20.0 Å². The summed E-state index contributed by atoms with van der Waals surface area (Å²) >= 11 is 0. The molecule has 0 fully saturated rings. The highest BCUT2D eigenvalue weighted by Gasteiger charge is 2.24. The van der Waals surface area contributed by atoms with E-state index in [0.29, 0.717) is 5.39 Å². The van der Waals surface area contributed by atoms with Gasteiger partial charge in [0.05, 0.1) is 16.9 Å². The fraction of sp³-hybridized carbons (Fsp3) is 0.188. The highest BCUT2D eigenvalue weighted by Crippen LogP contribution is 2.39. The average Bonchev–Trinajstić information content (AvgIpc) is 2.82. The number of fused-ring (bicyclic) bond motifs is 5. The molecule has 0 bridgehead atoms. The number of aromatic nitrogens is 2. The Morgan fingerprint density at radius 2 is 2.10 bits per heavy atom. The molecule has 4 heteroatoms. The Hall–Kier alpha value is -2.36. The second-order valence-corrected chi connectivity index (χ2v) is 5.24. The number of hydrogen-bond acceptors (Lipinski definition) is 2. The fourth-order valence-electron chi connectivity index (χ4n) is 2.97. The number of rotatable bonds is 0. The molecule has 1 atom stereocenters. The van der Waals surface area contributed by atoms with Crippen LogP contribution in [0.4, 0.5) is 10.1 Å². The van der Waals surface area contributed by atoms with Crippen LogP contribution in [0.15, 0.2) is 36.4 Å². The fourth-order valence-corrected chi connectivity index (χ4v) is 2.97. The van der Waals surface area contributed by atoms with Crippen molar-refractivity contribution in [3.63, 3.8) is 0 Å². The smallest absolute Gasteiger partial charge is 0.132 e. The van der Waals surface area contributed by atoms with Gasteiger partial charge in [-0.05, 0) is 44.2 Å². The van der Waals surface area contributed by atoms with Crippen LogP contribution in [0.2, 0.25) is 0 Å². The highest BCUT2D eigenvalue weighted by atomic mass is 19.1. The molecule has 1 aliphatic heterocycles. The largest absolute Gasteiger partial charge is 0.363 e. The zero-order valence-electron chi connectivity index (χ0n) is 11.3. The van der Waals surface area contributed by atoms with E-state index in [4.69, 9.17) is 0 Å². The molecule has 0 amide bonds. The summed E-state index contributed by atoms with van der Waals surface area (Å²) in [6.07, 6.45) is 0.0707. The van der Waals surface area contributed by atoms with E-state index in [2.05, 4.69) is 21.8 Å². The van der Waals surface area contributed by atoms with Gasteiger partial charge in [0.15, 0.2) is 0 Å². The summed E-state index contributed by atoms with van der Waals surface area (Å²) in [6.45, 7) is 4.03. The molecule has 100 valence electrons. The summed E-state index contributed by atoms with van der Waals surface area (Å²) in [5, 5.41) is 4.06. The Labute approximate surface area is 116 Å². The van der Waals surface area contributed by atoms with Crippen LogP contribution in [0.5, 0.6) is 0 Å². The maximum Gasteiger partial charge on any atom is 0.132 e. The van der Waals surface area contributed by atoms with Crippen molar-refractivity contribution >= 4 is 16.6 Å². The molecule has 0 saturated heterocycles. The number of nitrogens with zero attached hydrogens (tertiary/aromatic N) is 2. The quantitative estimate of drug-likeness (QED) is 0.664. The van der Waals surface area contributed by atoms with Crippen LogP contribution >= 0.6 is 0 Å². The van der Waals surface area contributed by atoms with Crippen molar-refractivity contribution in [1.29, 1.82) is 0 Å². The van der Waals surface area contributed by atoms with Crippen LogP contribution in [0.1, 0.15) is 18.8 Å². The monoisotopic (exact) mass is 267 g/mol. The van der Waals surface area contributed by atoms with E-state index >= 15 is 0 Å². The number of hydrogen-bond donors (Lipinski definition) is 1. The van der Waals surface area contributed by atoms with Gasteiger partial charge in [-0.1, -0.05) is 6.07 Å². The molecule has 3 nitrogen and oxygen atoms in total. The van der Waals surface area contributed by atoms with Crippen molar-refractivity contribution in [3.8, 4) is 11.4 Å². The topological polar surface area (TPSA) is 29.9 Å². The van der Waals surface area contributed by atoms with Crippen LogP contribution in [0.25, 0.3) is 22.3 Å². The normalized spacial score (nSPS) is 16.6. The molecule has 1 aromatic carbocycles. The number of nitrogens with one attached hydrogen (secondary N) is 1. The lowest BCUT2D eigenvalue weighted by Gasteiger charge is -2.27. The van der Waals surface area contributed by atoms with Crippen molar-refractivity contribution in [1.82, 2.24) is 9.55 Å². The summed E-state index contributed by atoms with van der Waals surface area (Å²) in [7, 11) is 0. The molecule has 3 heterocycles. The van der Waals surface area contributed by atoms with Crippen LogP contribution in [-0.2, 0) is 0 Å². The van der Waals surface area contributed by atoms with Gasteiger partial charge >= 0.3 is 0 Å². The minimum atomic E-state index is -0.189. The van der Waals surface area contributed by atoms with Crippen LogP contribution in [-0.4, -0.2) is 9.55 Å². The minimum absolute atomic E-state index is 0.0707. The summed E-state index contributed by atoms with van der Waals surface area (Å²) in [6, 6.07) is 11.1. The third kappa shape index (κ3) is 1.42. The zero-order valence-corrected chi connectivity index (χ0v) is 11.3. The Balaban J connectivity index is 2.12. The van der Waals surface area contributed by atoms with Gasteiger partial charge in [-0.2, -0.15) is 0 Å². The molecule has 0 saturated carbocycles. The van der Waals surface area contributed by atoms with Gasteiger partial charge in [0, 0.05) is 11.1 Å². The van der Waals surface area contributed by atoms with E-state index in [0.717, 1.165) is 28.3 Å². The molecular formula is C16H14FN3. The minimum Gasteiger partial charge on any atom is -0.363 e. The number of aryl methyl sites for hydroxylation is 1. The maximum atomic E-state index is 14.0. The van der Waals surface area contributed by atoms with E-state index in [1.807, 2.05) is 31.2 Å². The first-order valence-electron chi connectivity index (χ1n) is 6.69. The third-order valence-corrected chi connectivity index (χ3v) is 3.86. The van der Waals surface area contributed by atoms with Crippen LogP contribution in [0, 0.1) is 12.7 Å². The molecule has 1 unspecified atom stereocenters. The molecule has 1 N–H and O–H groups in total. The van der Waals surface area contributed by atoms with Gasteiger partial charge in [0.1, 0.15) is 17.7 Å². The highest BCUT2D eigenvalue weighted by molar-refractivity contribution is 5.90. The third-order valence-electron chi connectivity index (χ3n) is 3.86. The van der Waals surface area contributed by atoms with Crippen molar-refractivity contribution in [2.24, 2.45) is 0 Å². The molecular weight excluding hydrogens is 253 g/mol. The van der Waals surface area contributed by atoms with Gasteiger partial charge in [-0.15, -0.1) is 0 Å². The predicted molar refractivity (Wildman–Crippen MR) is 78.2 cm³/mol. The Morgan fingerprint density at radius 1 is 1.25 bits per heavy atom. The van der Waals surface area contributed by atoms with E-state index in [9.17, 15) is 4.39 Å². The number of pyridine rings is 1. The number of anilines is 1. The number of halogens is 1. The second kappa shape index (κ2) is 3.82. The zero-order chi connectivity index (χ0) is 13.9. The lowest BCUT2D eigenvalue weighted by molar-refractivity contribution is 0.627. The first kappa shape index (κ1) is 11.5. The molecule has 20 heavy (non-hydrogen) atoms. The second-order valence-electron chi connectivity index (χ2n) is 5.24. The van der Waals surface area contributed by atoms with Gasteiger partial charge < -0.3 is 9.88 Å². The molecule has 4 rings (SSSR count). The van der Waals surface area contributed by atoms with E-state index in [-0.39, 0.29) is 12.0 Å². The SMILES string of the molecule is Cc1ccc2c(n1)-c1cc3c(F)cccc3n1C(C)N2. The van der Waals surface area contributed by atoms with Gasteiger partial charge in [0.25, 0.3) is 0 Å². The van der Waals surface area contributed by atoms with E-state index < -0.39 is 0 Å². The molecule has 1 aliphatic rings. The maximum absolute atomic E-state index is 14.0. The molecule has 0 aliphatic carbocycles. The predicted octanol–water partition coefficient (Wildman–Crippen LogP) is 4.09. The van der Waals surface area contributed by atoms with Crippen LogP contribution < -0.4 is 5.32 Å². The lowest BCUT2D eigenvalue weighted by Crippen LogP contribution is -2.21. The Bertz CT molecular complexity index is 835. The van der Waals surface area contributed by atoms with Crippen molar-refractivity contribution in [3.05, 3.63) is 47.9 Å². The van der Waals surface area contributed by atoms with E-state index in [1.165, 1.54) is 6.07 Å². The summed E-state index contributed by atoms with van der Waals surface area (Å²) in [5.41, 5.74) is 4.71. The molecule has 0 radical (unpaired) electrons. The molecule has 2 aromatic heterocycles. The van der Waals surface area contributed by atoms with Gasteiger partial charge in [-0.3, -0.25) is 0 Å². The molecule has 3 aromatic rings. The first-order valence-corrected chi connectivity index (χ1v) is 6.69. The van der Waals surface area contributed by atoms with Gasteiger partial charge in [0.2, 0.25) is 0 Å². The lowest BCUT2D eigenvalue weighted by atomic mass is 10.1. The average molecular weight is 267 g/mol. The first-order chi connectivity index (χ1) is 9.65. The Morgan fingerprint density at radius 3 is 2.95 bits per heavy atom. The number of benzene rings is 1. The standard InChI is InChI=1S/C16H14FN3/c1-9-6-7-13-16(18-9)15-8-11-12(17)4-3-5-14(11)20(15)10(2)19-13/h3-8,10,19H,1-2H3. The summed E-state index contributed by atoms with van der Waals surface area (Å²) < 4.78 is 16.1. The van der Waals surface area contributed by atoms with Gasteiger partial charge in [-0.25, -0.2) is 9.37 Å². The van der Waals surface area contributed by atoms with Crippen molar-refractivity contribution in [2.75, 3.05) is 5.32 Å². The summed E-state index contributed by atoms with van der Waals surface area (Å²) in [5.74, 6) is -0.189.